The van der Waals surface area contributed by atoms with Crippen LogP contribution in [0.2, 0.25) is 0 Å². The summed E-state index contributed by atoms with van der Waals surface area (Å²) in [6, 6.07) is 0.185. The minimum atomic E-state index is 0.178. The number of hydrogen-bond acceptors (Lipinski definition) is 3. The highest BCUT2D eigenvalue weighted by molar-refractivity contribution is 5.77. The Balaban J connectivity index is 2.58. The van der Waals surface area contributed by atoms with Crippen LogP contribution in [-0.4, -0.2) is 40.8 Å². The van der Waals surface area contributed by atoms with Crippen molar-refractivity contribution in [2.24, 2.45) is 0 Å². The van der Waals surface area contributed by atoms with Gasteiger partial charge in [0.25, 0.3) is 0 Å². The van der Waals surface area contributed by atoms with Crippen molar-refractivity contribution in [1.82, 2.24) is 10.0 Å². The van der Waals surface area contributed by atoms with Gasteiger partial charge in [0.15, 0.2) is 0 Å². The van der Waals surface area contributed by atoms with Crippen LogP contribution in [0, 0.1) is 0 Å². The van der Waals surface area contributed by atoms with Crippen molar-refractivity contribution in [2.75, 3.05) is 13.1 Å². The molecular weight excluding hydrogens is 192 g/mol. The molecule has 0 saturated carbocycles. The minimum Gasteiger partial charge on any atom is -0.300 e. The molecule has 0 radical (unpaired) electrons. The molecule has 1 rings (SSSR count). The number of Topliss-reactive ketones (excluding diaryl/α,β-unsaturated/α-hetero) is 1. The van der Waals surface area contributed by atoms with E-state index in [1.807, 2.05) is 18.9 Å². The topological polar surface area (TPSA) is 40.6 Å². The molecule has 1 amide bonds. The second-order valence-corrected chi connectivity index (χ2v) is 4.34. The molecular formula is C11H20N2O2. The maximum atomic E-state index is 11.7. The van der Waals surface area contributed by atoms with E-state index in [0.29, 0.717) is 19.4 Å². The molecule has 1 aliphatic rings. The predicted molar refractivity (Wildman–Crippen MR) is 58.1 cm³/mol. The van der Waals surface area contributed by atoms with Gasteiger partial charge in [0.05, 0.1) is 0 Å². The van der Waals surface area contributed by atoms with Crippen molar-refractivity contribution in [1.29, 1.82) is 0 Å². The smallest absolute Gasteiger partial charge is 0.237 e. The summed E-state index contributed by atoms with van der Waals surface area (Å²) in [6.45, 7) is 7.15. The number of hydrogen-bond donors (Lipinski definition) is 0. The third-order valence-corrected chi connectivity index (χ3v) is 2.58. The van der Waals surface area contributed by atoms with Gasteiger partial charge in [0.1, 0.15) is 5.78 Å². The molecule has 0 aromatic carbocycles. The van der Waals surface area contributed by atoms with Crippen molar-refractivity contribution in [3.05, 3.63) is 0 Å². The monoisotopic (exact) mass is 212 g/mol. The van der Waals surface area contributed by atoms with Gasteiger partial charge < -0.3 is 0 Å². The Morgan fingerprint density at radius 1 is 1.47 bits per heavy atom. The Morgan fingerprint density at radius 3 is 2.67 bits per heavy atom. The van der Waals surface area contributed by atoms with Gasteiger partial charge in [-0.2, -0.15) is 0 Å². The molecule has 1 saturated heterocycles. The molecule has 1 aliphatic heterocycles. The average Bonchev–Trinajstić information content (AvgIpc) is 2.13. The molecule has 15 heavy (non-hydrogen) atoms. The van der Waals surface area contributed by atoms with E-state index in [1.54, 1.807) is 11.9 Å². The number of amides is 1. The molecule has 0 atom stereocenters. The molecule has 86 valence electrons. The Labute approximate surface area is 91.2 Å². The zero-order valence-corrected chi connectivity index (χ0v) is 9.82. The number of hydrazine groups is 1. The fraction of sp³-hybridized carbons (Fsp3) is 0.818. The molecule has 4 nitrogen and oxygen atoms in total. The lowest BCUT2D eigenvalue weighted by Gasteiger charge is -2.41. The van der Waals surface area contributed by atoms with Crippen LogP contribution in [-0.2, 0) is 9.59 Å². The number of rotatable bonds is 4. The summed E-state index contributed by atoms with van der Waals surface area (Å²) in [6.07, 6.45) is 2.06. The van der Waals surface area contributed by atoms with Crippen molar-refractivity contribution >= 4 is 11.7 Å². The molecule has 0 bridgehead atoms. The van der Waals surface area contributed by atoms with Crippen molar-refractivity contribution in [3.63, 3.8) is 0 Å². The Morgan fingerprint density at radius 2 is 2.13 bits per heavy atom. The fourth-order valence-electron chi connectivity index (χ4n) is 1.91. The first-order chi connectivity index (χ1) is 7.02. The first-order valence-corrected chi connectivity index (χ1v) is 5.58. The molecule has 0 aliphatic carbocycles. The van der Waals surface area contributed by atoms with Gasteiger partial charge in [0.2, 0.25) is 5.91 Å². The predicted octanol–water partition coefficient (Wildman–Crippen LogP) is 1.21. The van der Waals surface area contributed by atoms with Crippen LogP contribution < -0.4 is 0 Å². The second kappa shape index (κ2) is 5.26. The van der Waals surface area contributed by atoms with E-state index >= 15 is 0 Å². The maximum Gasteiger partial charge on any atom is 0.237 e. The van der Waals surface area contributed by atoms with E-state index < -0.39 is 0 Å². The lowest BCUT2D eigenvalue weighted by atomic mass is 10.2. The lowest BCUT2D eigenvalue weighted by Crippen LogP contribution is -2.54. The highest BCUT2D eigenvalue weighted by Crippen LogP contribution is 2.15. The summed E-state index contributed by atoms with van der Waals surface area (Å²) >= 11 is 0. The van der Waals surface area contributed by atoms with E-state index in [1.165, 1.54) is 0 Å². The van der Waals surface area contributed by atoms with E-state index in [0.717, 1.165) is 13.0 Å². The van der Waals surface area contributed by atoms with Gasteiger partial charge in [-0.05, 0) is 27.2 Å². The lowest BCUT2D eigenvalue weighted by molar-refractivity contribution is -0.161. The van der Waals surface area contributed by atoms with Crippen LogP contribution in [0.15, 0.2) is 0 Å². The quantitative estimate of drug-likeness (QED) is 0.703. The van der Waals surface area contributed by atoms with Gasteiger partial charge in [-0.3, -0.25) is 14.6 Å². The summed E-state index contributed by atoms with van der Waals surface area (Å²) in [4.78, 5) is 22.6. The van der Waals surface area contributed by atoms with Crippen LogP contribution >= 0.6 is 0 Å². The van der Waals surface area contributed by atoms with Gasteiger partial charge in [-0.1, -0.05) is 0 Å². The number of carbonyl (C=O) groups is 2. The minimum absolute atomic E-state index is 0.178. The highest BCUT2D eigenvalue weighted by Gasteiger charge is 2.27. The first kappa shape index (κ1) is 12.2. The first-order valence-electron chi connectivity index (χ1n) is 5.58. The van der Waals surface area contributed by atoms with Crippen LogP contribution in [0.25, 0.3) is 0 Å². The van der Waals surface area contributed by atoms with Crippen molar-refractivity contribution < 1.29 is 9.59 Å². The Hall–Kier alpha value is -0.900. The fourth-order valence-corrected chi connectivity index (χ4v) is 1.91. The van der Waals surface area contributed by atoms with Gasteiger partial charge in [-0.25, -0.2) is 5.01 Å². The molecule has 0 unspecified atom stereocenters. The standard InChI is InChI=1S/C11H20N2O2/c1-9(2)13-11(15)5-4-7-12(13)8-6-10(3)14/h9H,4-8H2,1-3H3. The number of nitrogens with zero attached hydrogens (tertiary/aromatic N) is 2. The molecule has 0 N–H and O–H groups in total. The summed E-state index contributed by atoms with van der Waals surface area (Å²) in [7, 11) is 0. The van der Waals surface area contributed by atoms with E-state index in [4.69, 9.17) is 0 Å². The second-order valence-electron chi connectivity index (χ2n) is 4.34. The van der Waals surface area contributed by atoms with Crippen LogP contribution in [0.5, 0.6) is 0 Å². The summed E-state index contributed by atoms with van der Waals surface area (Å²) in [5.41, 5.74) is 0. The summed E-state index contributed by atoms with van der Waals surface area (Å²) in [5.74, 6) is 0.358. The molecule has 1 fully saturated rings. The molecule has 1 heterocycles. The van der Waals surface area contributed by atoms with Crippen molar-refractivity contribution in [3.8, 4) is 0 Å². The van der Waals surface area contributed by atoms with Gasteiger partial charge in [-0.15, -0.1) is 0 Å². The SMILES string of the molecule is CC(=O)CCN1CCCC(=O)N1C(C)C. The molecule has 0 spiro atoms. The van der Waals surface area contributed by atoms with Gasteiger partial charge in [0, 0.05) is 32.0 Å². The normalized spacial score (nSPS) is 18.7. The van der Waals surface area contributed by atoms with Crippen LogP contribution in [0.3, 0.4) is 0 Å². The molecule has 0 aromatic rings. The average molecular weight is 212 g/mol. The third kappa shape index (κ3) is 3.30. The van der Waals surface area contributed by atoms with Crippen LogP contribution in [0.4, 0.5) is 0 Å². The van der Waals surface area contributed by atoms with E-state index in [9.17, 15) is 9.59 Å². The third-order valence-electron chi connectivity index (χ3n) is 2.58. The molecule has 0 aromatic heterocycles. The summed E-state index contributed by atoms with van der Waals surface area (Å²) < 4.78 is 0. The van der Waals surface area contributed by atoms with E-state index in [-0.39, 0.29) is 17.7 Å². The maximum absolute atomic E-state index is 11.7. The largest absolute Gasteiger partial charge is 0.300 e. The zero-order chi connectivity index (χ0) is 11.4. The van der Waals surface area contributed by atoms with Crippen molar-refractivity contribution in [2.45, 2.75) is 46.1 Å². The number of carbonyl (C=O) groups excluding carboxylic acids is 2. The van der Waals surface area contributed by atoms with Crippen LogP contribution in [0.1, 0.15) is 40.0 Å². The highest BCUT2D eigenvalue weighted by atomic mass is 16.2. The van der Waals surface area contributed by atoms with E-state index in [2.05, 4.69) is 0 Å². The van der Waals surface area contributed by atoms with Gasteiger partial charge >= 0.3 is 0 Å². The Kier molecular flexibility index (Phi) is 4.27. The zero-order valence-electron chi connectivity index (χ0n) is 9.82. The molecule has 4 heteroatoms. The number of ketones is 1. The Bertz CT molecular complexity index is 251. The summed E-state index contributed by atoms with van der Waals surface area (Å²) in [5, 5.41) is 3.81.